The van der Waals surface area contributed by atoms with E-state index in [1.165, 1.54) is 18.2 Å². The average Bonchev–Trinajstić information content (AvgIpc) is 2.77. The highest BCUT2D eigenvalue weighted by Crippen LogP contribution is 2.48. The molecule has 1 aromatic heterocycles. The number of pyridine rings is 1. The molecule has 0 aliphatic heterocycles. The normalized spacial score (nSPS) is 14.2. The van der Waals surface area contributed by atoms with Crippen molar-refractivity contribution in [3.63, 3.8) is 0 Å². The van der Waals surface area contributed by atoms with Gasteiger partial charge >= 0.3 is 12.3 Å². The largest absolute Gasteiger partial charge is 0.573 e. The SMILES string of the molecule is C[Si](C)(C)O[C@](C#N)(c1ccc(F)cc1)C(F)(F)c1ccc(-c2ccc(OC(F)(F)F)cc2)cn1. The molecule has 11 heteroatoms. The maximum Gasteiger partial charge on any atom is 0.573 e. The Morgan fingerprint density at radius 1 is 0.829 bits per heavy atom. The minimum Gasteiger partial charge on any atom is -0.406 e. The molecule has 0 aliphatic carbocycles. The molecule has 0 saturated heterocycles. The first-order valence-electron chi connectivity index (χ1n) is 10.2. The van der Waals surface area contributed by atoms with Crippen LogP contribution in [0.15, 0.2) is 66.9 Å². The third-order valence-corrected chi connectivity index (χ3v) is 5.73. The van der Waals surface area contributed by atoms with Crippen LogP contribution in [0.2, 0.25) is 19.6 Å². The third kappa shape index (κ3) is 5.83. The second-order valence-electron chi connectivity index (χ2n) is 8.59. The van der Waals surface area contributed by atoms with E-state index in [2.05, 4.69) is 9.72 Å². The number of nitrogens with zero attached hydrogens (tertiary/aromatic N) is 2. The van der Waals surface area contributed by atoms with Gasteiger partial charge in [-0.15, -0.1) is 13.2 Å². The van der Waals surface area contributed by atoms with Gasteiger partial charge in [-0.1, -0.05) is 30.3 Å². The van der Waals surface area contributed by atoms with E-state index in [0.29, 0.717) is 11.1 Å². The van der Waals surface area contributed by atoms with Crippen molar-refractivity contribution >= 4 is 8.32 Å². The lowest BCUT2D eigenvalue weighted by atomic mass is 9.86. The lowest BCUT2D eigenvalue weighted by molar-refractivity contribution is -0.274. The minimum atomic E-state index is -4.84. The van der Waals surface area contributed by atoms with Crippen LogP contribution in [0, 0.1) is 17.1 Å². The average molecular weight is 511 g/mol. The molecule has 0 saturated carbocycles. The first-order valence-corrected chi connectivity index (χ1v) is 13.7. The molecule has 1 heterocycles. The zero-order chi connectivity index (χ0) is 26.1. The molecule has 184 valence electrons. The number of ether oxygens (including phenoxy) is 1. The van der Waals surface area contributed by atoms with Crippen LogP contribution in [0.1, 0.15) is 11.3 Å². The van der Waals surface area contributed by atoms with E-state index < -0.39 is 43.5 Å². The molecule has 1 atom stereocenters. The second-order valence-corrected chi connectivity index (χ2v) is 13.0. The quantitative estimate of drug-likeness (QED) is 0.250. The van der Waals surface area contributed by atoms with Gasteiger partial charge in [0, 0.05) is 17.3 Å². The zero-order valence-electron chi connectivity index (χ0n) is 18.8. The fourth-order valence-electron chi connectivity index (χ4n) is 3.39. The van der Waals surface area contributed by atoms with Gasteiger partial charge in [-0.2, -0.15) is 14.0 Å². The lowest BCUT2D eigenvalue weighted by Crippen LogP contribution is -2.50. The summed E-state index contributed by atoms with van der Waals surface area (Å²) in [4.78, 5) is 3.84. The molecule has 0 fully saturated rings. The molecule has 0 bridgehead atoms. The van der Waals surface area contributed by atoms with Crippen LogP contribution in [-0.4, -0.2) is 19.7 Å². The van der Waals surface area contributed by atoms with E-state index in [-0.39, 0.29) is 5.56 Å². The van der Waals surface area contributed by atoms with Crippen LogP contribution in [-0.2, 0) is 15.9 Å². The maximum absolute atomic E-state index is 15.9. The van der Waals surface area contributed by atoms with Crippen molar-refractivity contribution in [2.24, 2.45) is 0 Å². The van der Waals surface area contributed by atoms with E-state index in [0.717, 1.165) is 48.7 Å². The first-order chi connectivity index (χ1) is 16.2. The Hall–Kier alpha value is -3.36. The number of halogens is 6. The highest BCUT2D eigenvalue weighted by atomic mass is 28.4. The van der Waals surface area contributed by atoms with Gasteiger partial charge in [-0.25, -0.2) is 4.39 Å². The van der Waals surface area contributed by atoms with Crippen molar-refractivity contribution < 1.29 is 35.5 Å². The first kappa shape index (κ1) is 26.2. The smallest absolute Gasteiger partial charge is 0.406 e. The lowest BCUT2D eigenvalue weighted by Gasteiger charge is -2.39. The number of nitriles is 1. The molecule has 0 radical (unpaired) electrons. The number of benzene rings is 2. The summed E-state index contributed by atoms with van der Waals surface area (Å²) in [6.45, 7) is 4.92. The number of hydrogen-bond donors (Lipinski definition) is 0. The highest BCUT2D eigenvalue weighted by Gasteiger charge is 2.60. The number of aromatic nitrogens is 1. The molecular formula is C24H20F6N2O2Si. The maximum atomic E-state index is 15.9. The van der Waals surface area contributed by atoms with Crippen LogP contribution in [0.4, 0.5) is 26.3 Å². The molecule has 0 aliphatic rings. The summed E-state index contributed by atoms with van der Waals surface area (Å²) in [6, 6.07) is 12.8. The monoisotopic (exact) mass is 510 g/mol. The van der Waals surface area contributed by atoms with E-state index in [1.54, 1.807) is 25.7 Å². The Morgan fingerprint density at radius 3 is 1.86 bits per heavy atom. The summed E-state index contributed by atoms with van der Waals surface area (Å²) in [6.07, 6.45) is -3.73. The molecule has 0 amide bonds. The van der Waals surface area contributed by atoms with Gasteiger partial charge in [0.1, 0.15) is 23.3 Å². The molecule has 35 heavy (non-hydrogen) atoms. The van der Waals surface area contributed by atoms with Crippen molar-refractivity contribution in [3.05, 3.63) is 83.9 Å². The minimum absolute atomic E-state index is 0.222. The molecule has 0 spiro atoms. The topological polar surface area (TPSA) is 55.1 Å². The van der Waals surface area contributed by atoms with Crippen molar-refractivity contribution in [1.29, 1.82) is 5.26 Å². The van der Waals surface area contributed by atoms with E-state index in [9.17, 15) is 22.8 Å². The summed E-state index contributed by atoms with van der Waals surface area (Å²) in [5.74, 6) is -5.03. The molecule has 0 unspecified atom stereocenters. The molecule has 3 aromatic rings. The van der Waals surface area contributed by atoms with E-state index >= 15 is 8.78 Å². The van der Waals surface area contributed by atoms with E-state index in [4.69, 9.17) is 4.43 Å². The summed E-state index contributed by atoms with van der Waals surface area (Å²) in [5.41, 5.74) is -3.00. The summed E-state index contributed by atoms with van der Waals surface area (Å²) in [7, 11) is -2.75. The third-order valence-electron chi connectivity index (χ3n) is 4.82. The van der Waals surface area contributed by atoms with Crippen molar-refractivity contribution in [2.45, 2.75) is 37.5 Å². The van der Waals surface area contributed by atoms with Crippen molar-refractivity contribution in [2.75, 3.05) is 0 Å². The van der Waals surface area contributed by atoms with E-state index in [1.807, 2.05) is 0 Å². The summed E-state index contributed by atoms with van der Waals surface area (Å²) >= 11 is 0. The highest BCUT2D eigenvalue weighted by molar-refractivity contribution is 6.69. The molecule has 0 N–H and O–H groups in total. The van der Waals surface area contributed by atoms with Gasteiger partial charge in [-0.3, -0.25) is 4.98 Å². The molecule has 4 nitrogen and oxygen atoms in total. The predicted octanol–water partition coefficient (Wildman–Crippen LogP) is 7.15. The second kappa shape index (κ2) is 9.35. The molecule has 2 aromatic carbocycles. The van der Waals surface area contributed by atoms with Crippen LogP contribution in [0.3, 0.4) is 0 Å². The molecular weight excluding hydrogens is 490 g/mol. The van der Waals surface area contributed by atoms with Gasteiger partial charge in [0.2, 0.25) is 5.60 Å². The number of hydrogen-bond acceptors (Lipinski definition) is 4. The Labute approximate surface area is 198 Å². The van der Waals surface area contributed by atoms with Crippen molar-refractivity contribution in [3.8, 4) is 22.9 Å². The van der Waals surface area contributed by atoms with Crippen molar-refractivity contribution in [1.82, 2.24) is 4.98 Å². The Bertz CT molecular complexity index is 1200. The standard InChI is InChI=1S/C24H20F6N2O2Si/c1-35(2,3)34-22(15-31,18-7-9-19(25)10-8-18)23(26,27)21-13-6-17(14-32-21)16-4-11-20(12-5-16)33-24(28,29)30/h4-14H,1-3H3/t22-/m1/s1. The molecule has 3 rings (SSSR count). The number of alkyl halides is 5. The fraction of sp³-hybridized carbons (Fsp3) is 0.250. The summed E-state index contributed by atoms with van der Waals surface area (Å²) < 4.78 is 91.9. The number of rotatable bonds is 7. The zero-order valence-corrected chi connectivity index (χ0v) is 19.8. The van der Waals surface area contributed by atoms with Gasteiger partial charge in [-0.05, 0) is 55.5 Å². The van der Waals surface area contributed by atoms with Gasteiger partial charge < -0.3 is 9.16 Å². The van der Waals surface area contributed by atoms with Gasteiger partial charge in [0.15, 0.2) is 8.32 Å². The predicted molar refractivity (Wildman–Crippen MR) is 118 cm³/mol. The fourth-order valence-corrected chi connectivity index (χ4v) is 4.60. The summed E-state index contributed by atoms with van der Waals surface area (Å²) in [5, 5.41) is 9.95. The Morgan fingerprint density at radius 2 is 1.40 bits per heavy atom. The van der Waals surface area contributed by atoms with Crippen LogP contribution < -0.4 is 4.74 Å². The van der Waals surface area contributed by atoms with Crippen LogP contribution in [0.25, 0.3) is 11.1 Å². The van der Waals surface area contributed by atoms with Gasteiger partial charge in [0.25, 0.3) is 0 Å². The Balaban J connectivity index is 2.00. The van der Waals surface area contributed by atoms with Gasteiger partial charge in [0.05, 0.1) is 0 Å². The Kier molecular flexibility index (Phi) is 7.01. The van der Waals surface area contributed by atoms with Crippen LogP contribution >= 0.6 is 0 Å². The van der Waals surface area contributed by atoms with Crippen LogP contribution in [0.5, 0.6) is 5.75 Å².